The van der Waals surface area contributed by atoms with E-state index < -0.39 is 0 Å². The second-order valence-corrected chi connectivity index (χ2v) is 5.13. The predicted molar refractivity (Wildman–Crippen MR) is 56.8 cm³/mol. The van der Waals surface area contributed by atoms with Gasteiger partial charge in [0.2, 0.25) is 5.91 Å². The first-order valence-corrected chi connectivity index (χ1v) is 6.44. The third-order valence-corrected chi connectivity index (χ3v) is 3.53. The molecule has 1 fully saturated rings. The van der Waals surface area contributed by atoms with Crippen molar-refractivity contribution >= 4 is 33.6 Å². The molecule has 1 aliphatic carbocycles. The maximum absolute atomic E-state index is 11.0. The molecule has 0 heterocycles. The first kappa shape index (κ1) is 10.4. The van der Waals surface area contributed by atoms with Gasteiger partial charge in [0.1, 0.15) is 0 Å². The number of hydrogen-bond acceptors (Lipinski definition) is 2. The second-order valence-electron chi connectivity index (χ2n) is 3.09. The Morgan fingerprint density at radius 3 is 2.92 bits per heavy atom. The average molecular weight is 252 g/mol. The van der Waals surface area contributed by atoms with Crippen molar-refractivity contribution in [3.05, 3.63) is 0 Å². The molecule has 12 heavy (non-hydrogen) atoms. The number of halogens is 1. The number of carbonyl (C=O) groups excluding carboxylic acids is 1. The Kier molecular flexibility index (Phi) is 4.43. The van der Waals surface area contributed by atoms with Crippen molar-refractivity contribution in [1.82, 2.24) is 5.32 Å². The van der Waals surface area contributed by atoms with E-state index in [-0.39, 0.29) is 5.91 Å². The van der Waals surface area contributed by atoms with Crippen LogP contribution in [-0.4, -0.2) is 29.3 Å². The van der Waals surface area contributed by atoms with Crippen LogP contribution in [0.3, 0.4) is 0 Å². The van der Waals surface area contributed by atoms with Gasteiger partial charge in [-0.05, 0) is 25.0 Å². The number of carbonyl (C=O) groups is 1. The lowest BCUT2D eigenvalue weighted by Crippen LogP contribution is -2.31. The van der Waals surface area contributed by atoms with E-state index in [2.05, 4.69) is 21.2 Å². The maximum atomic E-state index is 11.0. The van der Waals surface area contributed by atoms with E-state index in [4.69, 9.17) is 0 Å². The lowest BCUT2D eigenvalue weighted by molar-refractivity contribution is -0.118. The number of amides is 1. The van der Waals surface area contributed by atoms with E-state index in [1.54, 1.807) is 11.8 Å². The molecular weight excluding hydrogens is 238 g/mol. The zero-order valence-corrected chi connectivity index (χ0v) is 9.58. The van der Waals surface area contributed by atoms with Crippen molar-refractivity contribution < 1.29 is 4.79 Å². The molecule has 0 saturated heterocycles. The van der Waals surface area contributed by atoms with Crippen molar-refractivity contribution in [3.63, 3.8) is 0 Å². The van der Waals surface area contributed by atoms with Crippen molar-refractivity contribution in [2.45, 2.75) is 17.7 Å². The van der Waals surface area contributed by atoms with E-state index in [0.29, 0.717) is 10.6 Å². The van der Waals surface area contributed by atoms with Crippen molar-refractivity contribution in [3.8, 4) is 0 Å². The Morgan fingerprint density at radius 2 is 2.42 bits per heavy atom. The largest absolute Gasteiger partial charge is 0.354 e. The summed E-state index contributed by atoms with van der Waals surface area (Å²) in [6.45, 7) is 0.782. The number of hydrogen-bond donors (Lipinski definition) is 1. The van der Waals surface area contributed by atoms with Crippen molar-refractivity contribution in [1.29, 1.82) is 0 Å². The summed E-state index contributed by atoms with van der Waals surface area (Å²) in [5.41, 5.74) is 0. The summed E-state index contributed by atoms with van der Waals surface area (Å²) in [5, 5.41) is 2.90. The molecule has 0 aromatic heterocycles. The molecule has 1 N–H and O–H groups in total. The molecule has 0 aliphatic heterocycles. The number of rotatable bonds is 5. The van der Waals surface area contributed by atoms with Crippen LogP contribution < -0.4 is 5.32 Å². The quantitative estimate of drug-likeness (QED) is 0.754. The topological polar surface area (TPSA) is 29.1 Å². The fourth-order valence-electron chi connectivity index (χ4n) is 1.02. The van der Waals surface area contributed by atoms with Gasteiger partial charge in [0.15, 0.2) is 0 Å². The molecule has 1 rings (SSSR count). The summed E-state index contributed by atoms with van der Waals surface area (Å²) in [5.74, 6) is 1.52. The molecule has 70 valence electrons. The van der Waals surface area contributed by atoms with Gasteiger partial charge in [0.25, 0.3) is 0 Å². The first-order chi connectivity index (χ1) is 5.74. The standard InChI is InChI=1S/C8H14BrNOS/c1-12-5-8(11)10-4-7(9)6-2-3-6/h6-7H,2-5H2,1H3,(H,10,11). The molecule has 0 radical (unpaired) electrons. The lowest BCUT2D eigenvalue weighted by Gasteiger charge is -2.08. The predicted octanol–water partition coefficient (Wildman–Crippen LogP) is 1.64. The second kappa shape index (κ2) is 5.12. The summed E-state index contributed by atoms with van der Waals surface area (Å²) < 4.78 is 0. The minimum Gasteiger partial charge on any atom is -0.354 e. The van der Waals surface area contributed by atoms with Gasteiger partial charge in [-0.25, -0.2) is 0 Å². The van der Waals surface area contributed by atoms with Gasteiger partial charge in [-0.2, -0.15) is 11.8 Å². The summed E-state index contributed by atoms with van der Waals surface area (Å²) in [7, 11) is 0. The zero-order valence-electron chi connectivity index (χ0n) is 7.18. The van der Waals surface area contributed by atoms with Gasteiger partial charge in [0.05, 0.1) is 5.75 Å². The fourth-order valence-corrected chi connectivity index (χ4v) is 2.07. The highest BCUT2D eigenvalue weighted by molar-refractivity contribution is 9.09. The Labute approximate surface area is 86.0 Å². The van der Waals surface area contributed by atoms with Gasteiger partial charge >= 0.3 is 0 Å². The summed E-state index contributed by atoms with van der Waals surface area (Å²) in [6, 6.07) is 0. The smallest absolute Gasteiger partial charge is 0.230 e. The van der Waals surface area contributed by atoms with Crippen LogP contribution >= 0.6 is 27.7 Å². The van der Waals surface area contributed by atoms with Gasteiger partial charge < -0.3 is 5.32 Å². The molecule has 0 aromatic rings. The maximum Gasteiger partial charge on any atom is 0.230 e. The summed E-state index contributed by atoms with van der Waals surface area (Å²) >= 11 is 5.12. The van der Waals surface area contributed by atoms with Crippen LogP contribution in [0, 0.1) is 5.92 Å². The van der Waals surface area contributed by atoms with Crippen LogP contribution in [0.2, 0.25) is 0 Å². The zero-order chi connectivity index (χ0) is 8.97. The Hall–Kier alpha value is 0.300. The molecule has 2 nitrogen and oxygen atoms in total. The molecule has 0 spiro atoms. The van der Waals surface area contributed by atoms with Gasteiger partial charge in [-0.1, -0.05) is 15.9 Å². The molecule has 1 amide bonds. The van der Waals surface area contributed by atoms with Crippen molar-refractivity contribution in [2.24, 2.45) is 5.92 Å². The molecule has 1 saturated carbocycles. The highest BCUT2D eigenvalue weighted by atomic mass is 79.9. The van der Waals surface area contributed by atoms with E-state index in [1.165, 1.54) is 12.8 Å². The Morgan fingerprint density at radius 1 is 1.75 bits per heavy atom. The highest BCUT2D eigenvalue weighted by Gasteiger charge is 2.29. The molecule has 1 atom stereocenters. The molecule has 0 bridgehead atoms. The molecule has 1 aliphatic rings. The minimum absolute atomic E-state index is 0.146. The summed E-state index contributed by atoms with van der Waals surface area (Å²) in [6.07, 6.45) is 4.56. The number of nitrogens with one attached hydrogen (secondary N) is 1. The number of alkyl halides is 1. The van der Waals surface area contributed by atoms with E-state index in [9.17, 15) is 4.79 Å². The van der Waals surface area contributed by atoms with E-state index in [0.717, 1.165) is 12.5 Å². The highest BCUT2D eigenvalue weighted by Crippen LogP contribution is 2.36. The Balaban J connectivity index is 2.03. The van der Waals surface area contributed by atoms with Crippen LogP contribution in [0.5, 0.6) is 0 Å². The SMILES string of the molecule is CSCC(=O)NCC(Br)C1CC1. The average Bonchev–Trinajstić information content (AvgIpc) is 2.83. The van der Waals surface area contributed by atoms with Gasteiger partial charge in [0, 0.05) is 11.4 Å². The summed E-state index contributed by atoms with van der Waals surface area (Å²) in [4.78, 5) is 11.5. The number of thioether (sulfide) groups is 1. The Bertz CT molecular complexity index is 161. The lowest BCUT2D eigenvalue weighted by atomic mass is 10.3. The van der Waals surface area contributed by atoms with E-state index >= 15 is 0 Å². The van der Waals surface area contributed by atoms with Crippen LogP contribution in [0.4, 0.5) is 0 Å². The van der Waals surface area contributed by atoms with Gasteiger partial charge in [-0.3, -0.25) is 4.79 Å². The fraction of sp³-hybridized carbons (Fsp3) is 0.875. The molecule has 4 heteroatoms. The van der Waals surface area contributed by atoms with Crippen LogP contribution in [0.1, 0.15) is 12.8 Å². The molecule has 0 aromatic carbocycles. The third kappa shape index (κ3) is 3.81. The van der Waals surface area contributed by atoms with Gasteiger partial charge in [-0.15, -0.1) is 0 Å². The third-order valence-electron chi connectivity index (χ3n) is 1.90. The van der Waals surface area contributed by atoms with Crippen LogP contribution in [-0.2, 0) is 4.79 Å². The minimum atomic E-state index is 0.146. The molecule has 1 unspecified atom stereocenters. The normalized spacial score (nSPS) is 18.8. The first-order valence-electron chi connectivity index (χ1n) is 4.13. The molecular formula is C8H14BrNOS. The van der Waals surface area contributed by atoms with Crippen LogP contribution in [0.25, 0.3) is 0 Å². The van der Waals surface area contributed by atoms with E-state index in [1.807, 2.05) is 6.26 Å². The van der Waals surface area contributed by atoms with Crippen molar-refractivity contribution in [2.75, 3.05) is 18.6 Å². The monoisotopic (exact) mass is 251 g/mol. The van der Waals surface area contributed by atoms with Crippen LogP contribution in [0.15, 0.2) is 0 Å².